The Hall–Kier alpha value is -3.23. The zero-order valence-electron chi connectivity index (χ0n) is 22.2. The Labute approximate surface area is 232 Å². The van der Waals surface area contributed by atoms with Gasteiger partial charge in [-0.25, -0.2) is 14.2 Å². The Bertz CT molecular complexity index is 1100. The summed E-state index contributed by atoms with van der Waals surface area (Å²) < 4.78 is 38.3. The van der Waals surface area contributed by atoms with Gasteiger partial charge in [0.1, 0.15) is 33.3 Å². The van der Waals surface area contributed by atoms with Crippen molar-refractivity contribution in [1.29, 1.82) is 0 Å². The molecule has 0 aliphatic carbocycles. The van der Waals surface area contributed by atoms with E-state index in [0.717, 1.165) is 17.6 Å². The number of benzene rings is 1. The van der Waals surface area contributed by atoms with Crippen LogP contribution in [0.1, 0.15) is 18.4 Å². The lowest BCUT2D eigenvalue weighted by atomic mass is 9.82. The number of nitrogens with zero attached hydrogens (tertiary/aromatic N) is 1. The first-order valence-electron chi connectivity index (χ1n) is 12.7. The van der Waals surface area contributed by atoms with Crippen molar-refractivity contribution in [2.24, 2.45) is 5.92 Å². The zero-order valence-corrected chi connectivity index (χ0v) is 23.1. The number of ether oxygens (including phenoxy) is 3. The van der Waals surface area contributed by atoms with Gasteiger partial charge in [0.2, 0.25) is 0 Å². The van der Waals surface area contributed by atoms with E-state index < -0.39 is 50.0 Å². The molecular formula is C24H33BN3O11P. The van der Waals surface area contributed by atoms with Crippen molar-refractivity contribution in [3.05, 3.63) is 48.0 Å². The molecule has 2 aliphatic rings. The van der Waals surface area contributed by atoms with E-state index in [-0.39, 0.29) is 38.8 Å². The number of hydrogen-bond acceptors (Lipinski definition) is 10. The molecule has 0 aromatic heterocycles. The topological polar surface area (TPSA) is 179 Å². The van der Waals surface area contributed by atoms with E-state index >= 15 is 0 Å². The Morgan fingerprint density at radius 2 is 1.77 bits per heavy atom. The minimum atomic E-state index is -4.40. The van der Waals surface area contributed by atoms with Crippen LogP contribution in [-0.4, -0.2) is 93.2 Å². The van der Waals surface area contributed by atoms with Crippen LogP contribution >= 0.6 is 7.82 Å². The van der Waals surface area contributed by atoms with E-state index in [4.69, 9.17) is 18.7 Å². The van der Waals surface area contributed by atoms with E-state index in [1.165, 1.54) is 12.2 Å². The first-order chi connectivity index (χ1) is 19.1. The summed E-state index contributed by atoms with van der Waals surface area (Å²) in [6.45, 7) is 0.149. The van der Waals surface area contributed by atoms with Gasteiger partial charge in [-0.3, -0.25) is 23.5 Å². The van der Waals surface area contributed by atoms with Crippen LogP contribution < -0.4 is 10.6 Å². The lowest BCUT2D eigenvalue weighted by molar-refractivity contribution is -0.136. The van der Waals surface area contributed by atoms with E-state index in [9.17, 15) is 28.6 Å². The van der Waals surface area contributed by atoms with Gasteiger partial charge in [-0.15, -0.1) is 0 Å². The van der Waals surface area contributed by atoms with E-state index in [1.807, 2.05) is 18.2 Å². The first kappa shape index (κ1) is 31.3. The van der Waals surface area contributed by atoms with Crippen LogP contribution in [0.25, 0.3) is 0 Å². The number of carbonyl (C=O) groups excluding carboxylic acids is 4. The monoisotopic (exact) mass is 581 g/mol. The largest absolute Gasteiger partial charge is 0.508 e. The summed E-state index contributed by atoms with van der Waals surface area (Å²) in [4.78, 5) is 58.2. The summed E-state index contributed by atoms with van der Waals surface area (Å²) in [7, 11) is -1.60. The predicted octanol–water partition coefficient (Wildman–Crippen LogP) is 0.450. The zero-order chi connectivity index (χ0) is 29.1. The van der Waals surface area contributed by atoms with Crippen LogP contribution in [0.2, 0.25) is 0 Å². The molecule has 0 radical (unpaired) electrons. The number of nitrogens with one attached hydrogen (secondary N) is 2. The molecular weight excluding hydrogens is 548 g/mol. The molecule has 0 saturated carbocycles. The number of imide groups is 1. The molecule has 0 spiro atoms. The molecule has 1 aromatic carbocycles. The van der Waals surface area contributed by atoms with Gasteiger partial charge >= 0.3 is 20.0 Å². The molecule has 14 nitrogen and oxygen atoms in total. The summed E-state index contributed by atoms with van der Waals surface area (Å²) in [6, 6.07) is 8.15. The van der Waals surface area contributed by atoms with E-state index in [2.05, 4.69) is 15.2 Å². The molecule has 2 aliphatic heterocycles. The predicted molar refractivity (Wildman–Crippen MR) is 141 cm³/mol. The highest BCUT2D eigenvalue weighted by molar-refractivity contribution is 7.47. The molecule has 4 amide bonds. The second kappa shape index (κ2) is 15.0. The van der Waals surface area contributed by atoms with Crippen LogP contribution in [0, 0.1) is 5.92 Å². The minimum Gasteiger partial charge on any atom is -0.431 e. The van der Waals surface area contributed by atoms with Crippen molar-refractivity contribution in [1.82, 2.24) is 15.5 Å². The Balaban J connectivity index is 1.43. The molecule has 3 rings (SSSR count). The SMILES string of the molecule is B[C@@H]1O[C@H](COC(=O)OCc2ccccc2)C(OP(=O)(O)OC)[C@@H]1CCCNC(=O)NCCN1C(=O)C=CC1=O. The fraction of sp³-hybridized carbons (Fsp3) is 0.500. The van der Waals surface area contributed by atoms with Gasteiger partial charge in [0.25, 0.3) is 11.8 Å². The number of urea groups is 1. The number of hydrogen-bond donors (Lipinski definition) is 3. The fourth-order valence-electron chi connectivity index (χ4n) is 4.32. The van der Waals surface area contributed by atoms with Crippen LogP contribution in [0.4, 0.5) is 9.59 Å². The van der Waals surface area contributed by atoms with Crippen LogP contribution in [-0.2, 0) is 44.0 Å². The molecule has 218 valence electrons. The molecule has 0 bridgehead atoms. The molecule has 40 heavy (non-hydrogen) atoms. The third kappa shape index (κ3) is 9.45. The molecule has 16 heteroatoms. The van der Waals surface area contributed by atoms with Crippen LogP contribution in [0.5, 0.6) is 0 Å². The summed E-state index contributed by atoms with van der Waals surface area (Å²) in [5.41, 5.74) is 0.782. The third-order valence-electron chi connectivity index (χ3n) is 6.35. The fourth-order valence-corrected chi connectivity index (χ4v) is 5.00. The highest BCUT2D eigenvalue weighted by atomic mass is 31.2. The molecule has 2 unspecified atom stereocenters. The lowest BCUT2D eigenvalue weighted by Gasteiger charge is -2.25. The number of carbonyl (C=O) groups is 4. The van der Waals surface area contributed by atoms with Gasteiger partial charge in [-0.05, 0) is 18.4 Å². The van der Waals surface area contributed by atoms with Gasteiger partial charge in [-0.1, -0.05) is 30.3 Å². The van der Waals surface area contributed by atoms with Gasteiger partial charge in [0, 0.05) is 50.8 Å². The Morgan fingerprint density at radius 1 is 1.10 bits per heavy atom. The average Bonchev–Trinajstić information content (AvgIpc) is 3.41. The van der Waals surface area contributed by atoms with Gasteiger partial charge < -0.3 is 29.7 Å². The average molecular weight is 581 g/mol. The standard InChI is InChI=1S/C24H33BN3O11P/c1-35-40(33,34)39-21-17(8-5-11-26-23(31)27-12-13-28-19(29)9-10-20(28)30)22(25)38-18(21)15-37-24(32)36-14-16-6-3-2-4-7-16/h2-4,6-7,9-10,17-18,21-22H,5,8,11-15,25H2,1H3,(H,33,34)(H2,26,27,31)/t17-,18+,21?,22+/m0/s1. The maximum absolute atomic E-state index is 12.2. The van der Waals surface area contributed by atoms with Gasteiger partial charge in [0.05, 0.1) is 0 Å². The van der Waals surface area contributed by atoms with E-state index in [0.29, 0.717) is 12.8 Å². The minimum absolute atomic E-state index is 0.0198. The number of phosphoric ester groups is 1. The molecule has 1 fully saturated rings. The van der Waals surface area contributed by atoms with Gasteiger partial charge in [0.15, 0.2) is 0 Å². The first-order valence-corrected chi connectivity index (χ1v) is 14.2. The molecule has 5 atom stereocenters. The molecule has 1 aromatic rings. The van der Waals surface area contributed by atoms with E-state index in [1.54, 1.807) is 20.0 Å². The highest BCUT2D eigenvalue weighted by Gasteiger charge is 2.46. The van der Waals surface area contributed by atoms with Crippen molar-refractivity contribution >= 4 is 39.7 Å². The third-order valence-corrected chi connectivity index (χ3v) is 7.32. The van der Waals surface area contributed by atoms with Gasteiger partial charge in [-0.2, -0.15) is 0 Å². The van der Waals surface area contributed by atoms with Crippen molar-refractivity contribution in [3.8, 4) is 0 Å². The Morgan fingerprint density at radius 3 is 2.45 bits per heavy atom. The molecule has 2 heterocycles. The van der Waals surface area contributed by atoms with Crippen molar-refractivity contribution < 1.29 is 51.9 Å². The normalized spacial score (nSPS) is 23.6. The maximum Gasteiger partial charge on any atom is 0.508 e. The summed E-state index contributed by atoms with van der Waals surface area (Å²) in [5, 5.41) is 5.24. The summed E-state index contributed by atoms with van der Waals surface area (Å²) in [5.74, 6) is -1.23. The van der Waals surface area contributed by atoms with Crippen molar-refractivity contribution in [2.75, 3.05) is 33.4 Å². The maximum atomic E-state index is 12.2. The van der Waals surface area contributed by atoms with Crippen molar-refractivity contribution in [2.45, 2.75) is 37.7 Å². The Kier molecular flexibility index (Phi) is 11.7. The smallest absolute Gasteiger partial charge is 0.431 e. The highest BCUT2D eigenvalue weighted by Crippen LogP contribution is 2.48. The van der Waals surface area contributed by atoms with Crippen molar-refractivity contribution in [3.63, 3.8) is 0 Å². The quantitative estimate of drug-likeness (QED) is 0.0913. The van der Waals surface area contributed by atoms with Crippen LogP contribution in [0.15, 0.2) is 42.5 Å². The van der Waals surface area contributed by atoms with Crippen LogP contribution in [0.3, 0.4) is 0 Å². The molecule has 1 saturated heterocycles. The second-order valence-corrected chi connectivity index (χ2v) is 10.6. The number of phosphoric acid groups is 1. The lowest BCUT2D eigenvalue weighted by Crippen LogP contribution is -2.42. The number of rotatable bonds is 14. The summed E-state index contributed by atoms with van der Waals surface area (Å²) >= 11 is 0. The number of amides is 4. The summed E-state index contributed by atoms with van der Waals surface area (Å²) in [6.07, 6.45) is 0.521. The molecule has 3 N–H and O–H groups in total. The second-order valence-electron chi connectivity index (χ2n) is 9.09.